The Morgan fingerprint density at radius 3 is 1.63 bits per heavy atom. The molecule has 0 radical (unpaired) electrons. The van der Waals surface area contributed by atoms with Crippen LogP contribution in [0.5, 0.6) is 0 Å². The molecule has 1 aromatic carbocycles. The number of carboxylic acids is 2. The molecule has 1 amide bonds. The van der Waals surface area contributed by atoms with Crippen LogP contribution in [0.3, 0.4) is 0 Å². The normalized spacial score (nSPS) is 8.21. The van der Waals surface area contributed by atoms with Gasteiger partial charge in [0.05, 0.1) is 0 Å². The van der Waals surface area contributed by atoms with Crippen LogP contribution in [0.1, 0.15) is 35.3 Å². The van der Waals surface area contributed by atoms with Gasteiger partial charge in [-0.15, -0.1) is 0 Å². The summed E-state index contributed by atoms with van der Waals surface area (Å²) in [7, 11) is 0. The Kier molecular flexibility index (Phi) is 9.63. The van der Waals surface area contributed by atoms with Crippen molar-refractivity contribution >= 4 is 17.8 Å². The molecular weight excluding hydrogens is 250 g/mol. The predicted octanol–water partition coefficient (Wildman–Crippen LogP) is 1.58. The number of primary amides is 1. The van der Waals surface area contributed by atoms with Crippen molar-refractivity contribution in [3.05, 3.63) is 34.9 Å². The van der Waals surface area contributed by atoms with E-state index >= 15 is 0 Å². The minimum Gasteiger partial charge on any atom is -0.481 e. The zero-order valence-corrected chi connectivity index (χ0v) is 11.4. The number of carbonyl (C=O) groups excluding carboxylic acids is 1. The Hall–Kier alpha value is -2.37. The first-order chi connectivity index (χ1) is 8.59. The SMILES string of the molecule is CC(=O)O.CC(=O)O.Cc1cccc(C(N)=O)c1C. The predicted molar refractivity (Wildman–Crippen MR) is 71.1 cm³/mol. The first-order valence-electron chi connectivity index (χ1n) is 5.34. The molecule has 1 rings (SSSR count). The highest BCUT2D eigenvalue weighted by atomic mass is 16.4. The van der Waals surface area contributed by atoms with E-state index < -0.39 is 11.9 Å². The van der Waals surface area contributed by atoms with Gasteiger partial charge in [-0.1, -0.05) is 12.1 Å². The van der Waals surface area contributed by atoms with Gasteiger partial charge in [0.15, 0.2) is 0 Å². The molecule has 0 aliphatic heterocycles. The Morgan fingerprint density at radius 1 is 1.00 bits per heavy atom. The maximum Gasteiger partial charge on any atom is 0.300 e. The molecule has 4 N–H and O–H groups in total. The van der Waals surface area contributed by atoms with Crippen LogP contribution in [-0.4, -0.2) is 28.1 Å². The molecule has 0 aliphatic rings. The van der Waals surface area contributed by atoms with Crippen molar-refractivity contribution in [3.8, 4) is 0 Å². The second-order valence-corrected chi connectivity index (χ2v) is 3.65. The molecule has 6 nitrogen and oxygen atoms in total. The highest BCUT2D eigenvalue weighted by Crippen LogP contribution is 2.11. The van der Waals surface area contributed by atoms with Crippen LogP contribution in [0.4, 0.5) is 0 Å². The molecule has 0 fully saturated rings. The fourth-order valence-corrected chi connectivity index (χ4v) is 1.02. The van der Waals surface area contributed by atoms with E-state index in [9.17, 15) is 4.79 Å². The number of aryl methyl sites for hydroxylation is 1. The van der Waals surface area contributed by atoms with Gasteiger partial charge in [0.1, 0.15) is 0 Å². The monoisotopic (exact) mass is 269 g/mol. The van der Waals surface area contributed by atoms with Crippen LogP contribution in [0.2, 0.25) is 0 Å². The summed E-state index contributed by atoms with van der Waals surface area (Å²) in [5.41, 5.74) is 7.83. The lowest BCUT2D eigenvalue weighted by Crippen LogP contribution is -2.12. The number of aliphatic carboxylic acids is 2. The lowest BCUT2D eigenvalue weighted by atomic mass is 10.0. The highest BCUT2D eigenvalue weighted by Gasteiger charge is 2.04. The molecule has 0 saturated heterocycles. The van der Waals surface area contributed by atoms with Crippen molar-refractivity contribution in [2.45, 2.75) is 27.7 Å². The third-order valence-corrected chi connectivity index (χ3v) is 1.87. The number of carboxylic acid groups (broad SMARTS) is 2. The molecule has 0 unspecified atom stereocenters. The number of rotatable bonds is 1. The van der Waals surface area contributed by atoms with E-state index in [2.05, 4.69) is 0 Å². The third-order valence-electron chi connectivity index (χ3n) is 1.87. The first kappa shape index (κ1) is 19.0. The molecule has 6 heteroatoms. The van der Waals surface area contributed by atoms with Gasteiger partial charge in [0.2, 0.25) is 5.91 Å². The number of carbonyl (C=O) groups is 3. The van der Waals surface area contributed by atoms with Gasteiger partial charge in [-0.2, -0.15) is 0 Å². The molecule has 0 aliphatic carbocycles. The van der Waals surface area contributed by atoms with E-state index in [1.807, 2.05) is 26.0 Å². The largest absolute Gasteiger partial charge is 0.481 e. The quantitative estimate of drug-likeness (QED) is 0.715. The van der Waals surface area contributed by atoms with Gasteiger partial charge in [0.25, 0.3) is 11.9 Å². The summed E-state index contributed by atoms with van der Waals surface area (Å²) < 4.78 is 0. The Labute approximate surface area is 111 Å². The van der Waals surface area contributed by atoms with Gasteiger partial charge < -0.3 is 15.9 Å². The summed E-state index contributed by atoms with van der Waals surface area (Å²) >= 11 is 0. The molecular formula is C13H19NO5. The van der Waals surface area contributed by atoms with Gasteiger partial charge in [-0.05, 0) is 31.0 Å². The van der Waals surface area contributed by atoms with Crippen LogP contribution >= 0.6 is 0 Å². The fourth-order valence-electron chi connectivity index (χ4n) is 1.02. The number of amides is 1. The average Bonchev–Trinajstić information content (AvgIpc) is 2.20. The van der Waals surface area contributed by atoms with Crippen molar-refractivity contribution in [2.24, 2.45) is 5.73 Å². The maximum absolute atomic E-state index is 10.8. The summed E-state index contributed by atoms with van der Waals surface area (Å²) in [6.45, 7) is 6.02. The zero-order valence-electron chi connectivity index (χ0n) is 11.4. The van der Waals surface area contributed by atoms with Crippen LogP contribution in [0.15, 0.2) is 18.2 Å². The summed E-state index contributed by atoms with van der Waals surface area (Å²) in [6.07, 6.45) is 0. The van der Waals surface area contributed by atoms with Crippen molar-refractivity contribution in [1.82, 2.24) is 0 Å². The lowest BCUT2D eigenvalue weighted by molar-refractivity contribution is -0.135. The Morgan fingerprint density at radius 2 is 1.37 bits per heavy atom. The van der Waals surface area contributed by atoms with E-state index in [1.165, 1.54) is 0 Å². The third kappa shape index (κ3) is 11.9. The molecule has 19 heavy (non-hydrogen) atoms. The number of benzene rings is 1. The molecule has 0 aromatic heterocycles. The van der Waals surface area contributed by atoms with Gasteiger partial charge >= 0.3 is 0 Å². The minimum absolute atomic E-state index is 0.355. The molecule has 0 atom stereocenters. The molecule has 0 heterocycles. The second kappa shape index (κ2) is 9.64. The van der Waals surface area contributed by atoms with E-state index in [-0.39, 0.29) is 5.91 Å². The standard InChI is InChI=1S/C9H11NO.2C2H4O2/c1-6-4-3-5-8(7(6)2)9(10)11;2*1-2(3)4/h3-5H,1-2H3,(H2,10,11);2*1H3,(H,3,4). The summed E-state index contributed by atoms with van der Waals surface area (Å²) in [5, 5.41) is 14.8. The van der Waals surface area contributed by atoms with Crippen LogP contribution in [-0.2, 0) is 9.59 Å². The first-order valence-corrected chi connectivity index (χ1v) is 5.34. The zero-order chi connectivity index (χ0) is 15.6. The molecule has 1 aromatic rings. The Bertz CT molecular complexity index is 434. The smallest absolute Gasteiger partial charge is 0.300 e. The number of hydrogen-bond acceptors (Lipinski definition) is 3. The molecule has 106 valence electrons. The van der Waals surface area contributed by atoms with E-state index in [0.29, 0.717) is 5.56 Å². The van der Waals surface area contributed by atoms with E-state index in [1.54, 1.807) is 6.07 Å². The van der Waals surface area contributed by atoms with Crippen molar-refractivity contribution in [1.29, 1.82) is 0 Å². The molecule has 0 bridgehead atoms. The van der Waals surface area contributed by atoms with Crippen molar-refractivity contribution < 1.29 is 24.6 Å². The van der Waals surface area contributed by atoms with E-state index in [4.69, 9.17) is 25.5 Å². The minimum atomic E-state index is -0.833. The highest BCUT2D eigenvalue weighted by molar-refractivity contribution is 5.94. The fraction of sp³-hybridized carbons (Fsp3) is 0.308. The van der Waals surface area contributed by atoms with Crippen LogP contribution < -0.4 is 5.73 Å². The summed E-state index contributed by atoms with van der Waals surface area (Å²) in [4.78, 5) is 28.8. The van der Waals surface area contributed by atoms with Crippen molar-refractivity contribution in [2.75, 3.05) is 0 Å². The maximum atomic E-state index is 10.8. The van der Waals surface area contributed by atoms with Gasteiger partial charge in [-0.25, -0.2) is 0 Å². The number of hydrogen-bond donors (Lipinski definition) is 3. The van der Waals surface area contributed by atoms with Crippen molar-refractivity contribution in [3.63, 3.8) is 0 Å². The second-order valence-electron chi connectivity index (χ2n) is 3.65. The Balaban J connectivity index is 0. The summed E-state index contributed by atoms with van der Waals surface area (Å²) in [5.74, 6) is -2.02. The average molecular weight is 269 g/mol. The van der Waals surface area contributed by atoms with E-state index in [0.717, 1.165) is 25.0 Å². The van der Waals surface area contributed by atoms with Gasteiger partial charge in [-0.3, -0.25) is 14.4 Å². The molecule has 0 saturated carbocycles. The summed E-state index contributed by atoms with van der Waals surface area (Å²) in [6, 6.07) is 5.54. The van der Waals surface area contributed by atoms with Crippen LogP contribution in [0.25, 0.3) is 0 Å². The number of nitrogens with two attached hydrogens (primary N) is 1. The topological polar surface area (TPSA) is 118 Å². The van der Waals surface area contributed by atoms with Gasteiger partial charge in [0, 0.05) is 19.4 Å². The van der Waals surface area contributed by atoms with Crippen LogP contribution in [0, 0.1) is 13.8 Å². The molecule has 0 spiro atoms. The lowest BCUT2D eigenvalue weighted by Gasteiger charge is -2.03.